The van der Waals surface area contributed by atoms with Gasteiger partial charge in [0.1, 0.15) is 0 Å². The minimum Gasteiger partial charge on any atom is -0.309 e. The van der Waals surface area contributed by atoms with Crippen LogP contribution in [0.15, 0.2) is 176 Å². The molecule has 0 radical (unpaired) electrons. The van der Waals surface area contributed by atoms with E-state index in [4.69, 9.17) is 0 Å². The monoisotopic (exact) mass is 933 g/mol. The summed E-state index contributed by atoms with van der Waals surface area (Å²) in [5.41, 5.74) is 3.18. The van der Waals surface area contributed by atoms with Crippen molar-refractivity contribution in [3.63, 3.8) is 0 Å². The van der Waals surface area contributed by atoms with E-state index in [1.54, 1.807) is 46.9 Å². The fraction of sp³-hybridized carbons (Fsp3) is 0.0351. The number of halogens is 6. The highest BCUT2D eigenvalue weighted by Gasteiger charge is 2.39. The van der Waals surface area contributed by atoms with Crippen LogP contribution in [0.4, 0.5) is 26.3 Å². The predicted octanol–water partition coefficient (Wildman–Crippen LogP) is 17.9. The summed E-state index contributed by atoms with van der Waals surface area (Å²) in [5, 5.41) is 18.9. The number of para-hydroxylation sites is 2. The van der Waals surface area contributed by atoms with E-state index in [1.165, 1.54) is 0 Å². The Bertz CT molecular complexity index is 4330. The second kappa shape index (κ2) is 14.5. The summed E-state index contributed by atoms with van der Waals surface area (Å²) in [7, 11) is 0. The van der Waals surface area contributed by atoms with Crippen LogP contribution in [0.25, 0.3) is 118 Å². The van der Waals surface area contributed by atoms with Gasteiger partial charge in [-0.15, -0.1) is 22.7 Å². The van der Waals surface area contributed by atoms with Gasteiger partial charge >= 0.3 is 12.4 Å². The van der Waals surface area contributed by atoms with Crippen molar-refractivity contribution in [2.45, 2.75) is 12.4 Å². The Labute approximate surface area is 390 Å². The second-order valence-electron chi connectivity index (χ2n) is 16.9. The molecule has 0 aliphatic carbocycles. The first kappa shape index (κ1) is 40.4. The molecule has 68 heavy (non-hydrogen) atoms. The van der Waals surface area contributed by atoms with Crippen molar-refractivity contribution in [3.8, 4) is 39.7 Å². The van der Waals surface area contributed by atoms with E-state index in [1.807, 2.05) is 84.9 Å². The lowest BCUT2D eigenvalue weighted by Gasteiger charge is -2.21. The molecule has 0 unspecified atom stereocenters. The maximum Gasteiger partial charge on any atom is 0.417 e. The molecule has 0 N–H and O–H groups in total. The van der Waals surface area contributed by atoms with Crippen LogP contribution in [0.3, 0.4) is 0 Å². The molecule has 3 nitrogen and oxygen atoms in total. The molecule has 0 aliphatic rings. The molecule has 0 amide bonds. The molecule has 11 heteroatoms. The van der Waals surface area contributed by atoms with Crippen LogP contribution in [0.2, 0.25) is 0 Å². The summed E-state index contributed by atoms with van der Waals surface area (Å²) in [6.07, 6.45) is -10.1. The molecule has 0 fully saturated rings. The molecule has 0 bridgehead atoms. The van der Waals surface area contributed by atoms with Gasteiger partial charge in [-0.1, -0.05) is 109 Å². The Kier molecular flexibility index (Phi) is 8.63. The van der Waals surface area contributed by atoms with Gasteiger partial charge < -0.3 is 9.13 Å². The third kappa shape index (κ3) is 5.90. The Hall–Kier alpha value is -7.91. The van der Waals surface area contributed by atoms with Crippen LogP contribution in [-0.4, -0.2) is 9.13 Å². The average molecular weight is 934 g/mol. The third-order valence-electron chi connectivity index (χ3n) is 13.2. The predicted molar refractivity (Wildman–Crippen MR) is 266 cm³/mol. The first-order chi connectivity index (χ1) is 33.0. The van der Waals surface area contributed by atoms with Crippen LogP contribution in [0.5, 0.6) is 0 Å². The number of hydrogen-bond acceptors (Lipinski definition) is 3. The standard InChI is InChI=1S/C57H29F6N3S2/c58-56(59,60)33-19-22-34(43(29-33)57(61,62)63)32-18-21-36(49(28-32)66-45-14-6-2-12-42(45)53-47(66)26-24-40-38-10-4-8-16-51(38)68-55(40)53)35-20-17-31(30-64)27-48(35)65-44-13-5-1-11-41(44)52-46(65)25-23-39-37-9-3-7-15-50(37)67-54(39)52/h1-29H. The molecule has 0 aliphatic heterocycles. The average Bonchev–Trinajstić information content (AvgIpc) is 4.10. The lowest BCUT2D eigenvalue weighted by molar-refractivity contribution is -0.142. The molecule has 0 saturated carbocycles. The topological polar surface area (TPSA) is 33.6 Å². The lowest BCUT2D eigenvalue weighted by Crippen LogP contribution is -2.12. The highest BCUT2D eigenvalue weighted by atomic mass is 32.1. The maximum atomic E-state index is 15.0. The molecule has 13 aromatic rings. The number of nitrogens with zero attached hydrogens (tertiary/aromatic N) is 3. The molecule has 0 atom stereocenters. The molecular weight excluding hydrogens is 905 g/mol. The molecular formula is C57H29F6N3S2. The first-order valence-corrected chi connectivity index (χ1v) is 23.2. The molecule has 0 spiro atoms. The van der Waals surface area contributed by atoms with Gasteiger partial charge in [-0.25, -0.2) is 0 Å². The van der Waals surface area contributed by atoms with Crippen LogP contribution in [-0.2, 0) is 12.4 Å². The van der Waals surface area contributed by atoms with Gasteiger partial charge in [-0.2, -0.15) is 31.6 Å². The van der Waals surface area contributed by atoms with Gasteiger partial charge in [0.2, 0.25) is 0 Å². The van der Waals surface area contributed by atoms with E-state index in [0.29, 0.717) is 34.1 Å². The largest absolute Gasteiger partial charge is 0.417 e. The Morgan fingerprint density at radius 1 is 0.412 bits per heavy atom. The Balaban J connectivity index is 1.15. The van der Waals surface area contributed by atoms with Gasteiger partial charge in [0.15, 0.2) is 0 Å². The molecule has 4 aromatic heterocycles. The SMILES string of the molecule is N#Cc1ccc(-c2ccc(-c3ccc(C(F)(F)F)cc3C(F)(F)F)cc2-n2c3ccccc3c3c4sc5ccccc5c4ccc32)c(-n2c3ccccc3c3c4sc5ccccc5c4ccc32)c1. The number of benzene rings is 9. The van der Waals surface area contributed by atoms with E-state index in [-0.39, 0.29) is 17.2 Å². The minimum atomic E-state index is -5.11. The van der Waals surface area contributed by atoms with Gasteiger partial charge in [-0.3, -0.25) is 0 Å². The number of alkyl halides is 6. The minimum absolute atomic E-state index is 0.0814. The van der Waals surface area contributed by atoms with Crippen molar-refractivity contribution in [2.24, 2.45) is 0 Å². The number of thiophene rings is 2. The van der Waals surface area contributed by atoms with Gasteiger partial charge in [0.05, 0.1) is 56.2 Å². The second-order valence-corrected chi connectivity index (χ2v) is 19.0. The summed E-state index contributed by atoms with van der Waals surface area (Å²) >= 11 is 3.39. The molecule has 13 rings (SSSR count). The number of nitriles is 1. The highest BCUT2D eigenvalue weighted by molar-refractivity contribution is 7.27. The summed E-state index contributed by atoms with van der Waals surface area (Å²) in [4.78, 5) is 0. The zero-order chi connectivity index (χ0) is 46.2. The van der Waals surface area contributed by atoms with Crippen molar-refractivity contribution < 1.29 is 26.3 Å². The van der Waals surface area contributed by atoms with Crippen molar-refractivity contribution in [3.05, 3.63) is 193 Å². The van der Waals surface area contributed by atoms with E-state index >= 15 is 0 Å². The van der Waals surface area contributed by atoms with E-state index < -0.39 is 23.5 Å². The van der Waals surface area contributed by atoms with E-state index in [2.05, 4.69) is 63.7 Å². The highest BCUT2D eigenvalue weighted by Crippen LogP contribution is 2.49. The van der Waals surface area contributed by atoms with Crippen molar-refractivity contribution in [2.75, 3.05) is 0 Å². The molecule has 9 aromatic carbocycles. The third-order valence-corrected chi connectivity index (χ3v) is 15.6. The Morgan fingerprint density at radius 2 is 0.897 bits per heavy atom. The quantitative estimate of drug-likeness (QED) is 0.162. The zero-order valence-corrected chi connectivity index (χ0v) is 36.8. The van der Waals surface area contributed by atoms with Crippen LogP contribution < -0.4 is 0 Å². The smallest absolute Gasteiger partial charge is 0.309 e. The molecule has 0 saturated heterocycles. The van der Waals surface area contributed by atoms with Crippen molar-refractivity contribution in [1.82, 2.24) is 9.13 Å². The van der Waals surface area contributed by atoms with Crippen molar-refractivity contribution in [1.29, 1.82) is 5.26 Å². The number of hydrogen-bond donors (Lipinski definition) is 0. The fourth-order valence-electron chi connectivity index (χ4n) is 10.3. The summed E-state index contributed by atoms with van der Waals surface area (Å²) in [5.74, 6) is 0. The van der Waals surface area contributed by atoms with Crippen LogP contribution in [0, 0.1) is 11.3 Å². The first-order valence-electron chi connectivity index (χ1n) is 21.6. The zero-order valence-electron chi connectivity index (χ0n) is 35.2. The number of fused-ring (bicyclic) bond motifs is 14. The van der Waals surface area contributed by atoms with Gasteiger partial charge in [0.25, 0.3) is 0 Å². The Morgan fingerprint density at radius 3 is 1.43 bits per heavy atom. The molecule has 326 valence electrons. The lowest BCUT2D eigenvalue weighted by atomic mass is 9.92. The van der Waals surface area contributed by atoms with Crippen molar-refractivity contribution >= 4 is 107 Å². The van der Waals surface area contributed by atoms with E-state index in [9.17, 15) is 31.6 Å². The van der Waals surface area contributed by atoms with Gasteiger partial charge in [0, 0.05) is 73.0 Å². The van der Waals surface area contributed by atoms with Crippen LogP contribution in [0.1, 0.15) is 16.7 Å². The van der Waals surface area contributed by atoms with Crippen LogP contribution >= 0.6 is 22.7 Å². The molecule has 4 heterocycles. The maximum absolute atomic E-state index is 15.0. The summed E-state index contributed by atoms with van der Waals surface area (Å²) in [6, 6.07) is 55.4. The summed E-state index contributed by atoms with van der Waals surface area (Å²) in [6.45, 7) is 0. The number of rotatable bonds is 4. The van der Waals surface area contributed by atoms with E-state index in [0.717, 1.165) is 90.0 Å². The summed E-state index contributed by atoms with van der Waals surface area (Å²) < 4.78 is 95.5. The normalized spacial score (nSPS) is 12.5. The van der Waals surface area contributed by atoms with Gasteiger partial charge in [-0.05, 0) is 77.9 Å². The number of aromatic nitrogens is 2. The fourth-order valence-corrected chi connectivity index (χ4v) is 12.8.